The van der Waals surface area contributed by atoms with E-state index in [0.29, 0.717) is 36.4 Å². The summed E-state index contributed by atoms with van der Waals surface area (Å²) in [5.41, 5.74) is 12.5. The van der Waals surface area contributed by atoms with E-state index in [9.17, 15) is 33.6 Å². The molecule has 12 N–H and O–H groups in total. The molecule has 0 radical (unpaired) electrons. The number of carboxylic acids is 2. The second kappa shape index (κ2) is 17.4. The van der Waals surface area contributed by atoms with Gasteiger partial charge in [-0.3, -0.25) is 28.7 Å². The van der Waals surface area contributed by atoms with Crippen LogP contribution in [0, 0.1) is 0 Å². The van der Waals surface area contributed by atoms with Crippen LogP contribution in [0.25, 0.3) is 11.2 Å². The summed E-state index contributed by atoms with van der Waals surface area (Å²) >= 11 is 0. The third kappa shape index (κ3) is 10.9. The number of hydrogen-bond acceptors (Lipinski definition) is 15. The normalized spacial score (nSPS) is 14.8. The van der Waals surface area contributed by atoms with Crippen molar-refractivity contribution in [1.82, 2.24) is 34.8 Å². The Morgan fingerprint density at radius 3 is 2.51 bits per heavy atom. The molecule has 1 aromatic carbocycles. The molecule has 0 saturated heterocycles. The first-order valence-corrected chi connectivity index (χ1v) is 17.4. The number of nitrogen functional groups attached to an aromatic ring is 2. The largest absolute Gasteiger partial charge is 0.481 e. The summed E-state index contributed by atoms with van der Waals surface area (Å²) in [4.78, 5) is 95.2. The fraction of sp³-hybridized carbons (Fsp3) is 0.345. The number of nitrogens with zero attached hydrogens (tertiary/aromatic N) is 6. The van der Waals surface area contributed by atoms with E-state index >= 15 is 0 Å². The van der Waals surface area contributed by atoms with Gasteiger partial charge in [-0.25, -0.2) is 19.7 Å². The van der Waals surface area contributed by atoms with Crippen molar-refractivity contribution in [3.05, 3.63) is 52.8 Å². The number of imidazole rings is 1. The highest BCUT2D eigenvalue weighted by atomic mass is 31.2. The molecule has 284 valence electrons. The standard InChI is InChI=1S/C20H23N7O7.C9H14N5O4P/c21-20-25-16-15(18(32)26-20)27(9-28)12(8-23-16)7-22-11-3-1-10(2-4-11)17(31)24-13(19(33)34)5-6-14(29)30;1-6(18-5-19(15,16)17)2-14-4-13-7-8(10)11-3-12-9(7)14/h1-4,9,12-13,22H,5-8H2,(H,24,31)(H,29,30)(H,33,34)(H4,21,23,25,26,32);3-4,6H,2,5H2,1H3,(H2,10,11,12)(H2,15,16,17)/t;6-/m.1/s1. The molecule has 0 saturated carbocycles. The number of aromatic amines is 1. The smallest absolute Gasteiger partial charge is 0.350 e. The number of anilines is 5. The van der Waals surface area contributed by atoms with Crippen LogP contribution in [0.1, 0.15) is 30.1 Å². The summed E-state index contributed by atoms with van der Waals surface area (Å²) in [5, 5.41) is 26.3. The lowest BCUT2D eigenvalue weighted by Crippen LogP contribution is -2.50. The molecule has 0 bridgehead atoms. The number of aliphatic carboxylic acids is 2. The number of ether oxygens (including phenoxy) is 1. The van der Waals surface area contributed by atoms with Crippen molar-refractivity contribution >= 4 is 72.0 Å². The molecule has 3 atom stereocenters. The van der Waals surface area contributed by atoms with Gasteiger partial charge in [0.25, 0.3) is 11.5 Å². The first-order chi connectivity index (χ1) is 25.1. The molecule has 0 fully saturated rings. The van der Waals surface area contributed by atoms with Gasteiger partial charge >= 0.3 is 19.5 Å². The SMILES string of the molecule is C[C@H](Cn1cnc2c(N)ncnc21)OCP(=O)(O)O.Nc1nc2c(c(=O)[nH]1)N(C=O)C(CNc1ccc(C(=O)NC(CCC(=O)O)C(=O)O)cc1)CN2. The second-order valence-corrected chi connectivity index (χ2v) is 13.1. The van der Waals surface area contributed by atoms with Crippen molar-refractivity contribution in [3.8, 4) is 0 Å². The Bertz CT molecular complexity index is 2050. The number of aromatic nitrogens is 6. The lowest BCUT2D eigenvalue weighted by molar-refractivity contribution is -0.140. The molecule has 53 heavy (non-hydrogen) atoms. The third-order valence-electron chi connectivity index (χ3n) is 7.53. The highest BCUT2D eigenvalue weighted by Crippen LogP contribution is 2.34. The monoisotopic (exact) mass is 760 g/mol. The van der Waals surface area contributed by atoms with Gasteiger partial charge in [-0.05, 0) is 37.6 Å². The molecule has 4 aromatic rings. The van der Waals surface area contributed by atoms with E-state index in [1.54, 1.807) is 23.6 Å². The van der Waals surface area contributed by atoms with Gasteiger partial charge < -0.3 is 61.6 Å². The lowest BCUT2D eigenvalue weighted by atomic mass is 10.1. The molecule has 3 aromatic heterocycles. The summed E-state index contributed by atoms with van der Waals surface area (Å²) in [6.45, 7) is 2.62. The number of fused-ring (bicyclic) bond motifs is 2. The number of H-pyrrole nitrogens is 1. The number of carbonyl (C=O) groups excluding carboxylic acids is 2. The zero-order valence-corrected chi connectivity index (χ0v) is 28.8. The second-order valence-electron chi connectivity index (χ2n) is 11.5. The summed E-state index contributed by atoms with van der Waals surface area (Å²) in [6, 6.07) is 4.36. The van der Waals surface area contributed by atoms with Crippen molar-refractivity contribution in [1.29, 1.82) is 0 Å². The fourth-order valence-electron chi connectivity index (χ4n) is 4.98. The van der Waals surface area contributed by atoms with Crippen molar-refractivity contribution in [2.75, 3.05) is 46.4 Å². The van der Waals surface area contributed by atoms with Crippen molar-refractivity contribution < 1.29 is 48.5 Å². The molecule has 1 aliphatic heterocycles. The zero-order chi connectivity index (χ0) is 38.9. The Balaban J connectivity index is 0.000000278. The number of hydrogen-bond donors (Lipinski definition) is 10. The predicted molar refractivity (Wildman–Crippen MR) is 188 cm³/mol. The maximum Gasteiger partial charge on any atom is 0.350 e. The van der Waals surface area contributed by atoms with Gasteiger partial charge in [0, 0.05) is 30.8 Å². The van der Waals surface area contributed by atoms with E-state index in [1.165, 1.54) is 29.7 Å². The number of carboxylic acid groups (broad SMARTS) is 2. The lowest BCUT2D eigenvalue weighted by Gasteiger charge is -2.34. The van der Waals surface area contributed by atoms with Crippen LogP contribution in [-0.2, 0) is 30.2 Å². The molecule has 2 amide bonds. The number of carbonyl (C=O) groups is 4. The molecule has 1 aliphatic rings. The summed E-state index contributed by atoms with van der Waals surface area (Å²) in [7, 11) is -4.16. The van der Waals surface area contributed by atoms with Crippen LogP contribution in [0.5, 0.6) is 0 Å². The minimum absolute atomic E-state index is 0.0603. The third-order valence-corrected chi connectivity index (χ3v) is 8.02. The fourth-order valence-corrected chi connectivity index (χ4v) is 5.43. The summed E-state index contributed by atoms with van der Waals surface area (Å²) in [6.07, 6.45) is 1.75. The molecule has 0 spiro atoms. The molecule has 5 rings (SSSR count). The van der Waals surface area contributed by atoms with E-state index < -0.39 is 62.0 Å². The van der Waals surface area contributed by atoms with Gasteiger partial charge in [0.05, 0.1) is 25.0 Å². The van der Waals surface area contributed by atoms with Crippen LogP contribution in [0.2, 0.25) is 0 Å². The van der Waals surface area contributed by atoms with Crippen LogP contribution < -0.4 is 37.9 Å². The van der Waals surface area contributed by atoms with E-state index in [-0.39, 0.29) is 41.8 Å². The molecule has 23 nitrogen and oxygen atoms in total. The molecular formula is C29H37N12O11P. The topological polar surface area (TPSA) is 356 Å². The van der Waals surface area contributed by atoms with Crippen LogP contribution in [0.4, 0.5) is 29.0 Å². The number of amides is 2. The quantitative estimate of drug-likeness (QED) is 0.0524. The predicted octanol–water partition coefficient (Wildman–Crippen LogP) is -0.782. The Labute approximate surface area is 299 Å². The number of nitrogens with two attached hydrogens (primary N) is 2. The Morgan fingerprint density at radius 2 is 1.87 bits per heavy atom. The highest BCUT2D eigenvalue weighted by molar-refractivity contribution is 7.51. The van der Waals surface area contributed by atoms with Gasteiger partial charge in [-0.2, -0.15) is 4.98 Å². The van der Waals surface area contributed by atoms with Crippen LogP contribution in [0.15, 0.2) is 41.7 Å². The summed E-state index contributed by atoms with van der Waals surface area (Å²) in [5.74, 6) is -2.72. The Hall–Kier alpha value is -6.16. The minimum Gasteiger partial charge on any atom is -0.481 e. The van der Waals surface area contributed by atoms with Crippen molar-refractivity contribution in [3.63, 3.8) is 0 Å². The van der Waals surface area contributed by atoms with Crippen LogP contribution in [-0.4, -0.2) is 111 Å². The Kier molecular flexibility index (Phi) is 13.0. The highest BCUT2D eigenvalue weighted by Gasteiger charge is 2.30. The average Bonchev–Trinajstić information content (AvgIpc) is 3.51. The van der Waals surface area contributed by atoms with Gasteiger partial charge in [-0.1, -0.05) is 0 Å². The van der Waals surface area contributed by atoms with Gasteiger partial charge in [0.1, 0.15) is 24.2 Å². The molecule has 0 aliphatic carbocycles. The van der Waals surface area contributed by atoms with Crippen LogP contribution >= 0.6 is 7.60 Å². The average molecular weight is 761 g/mol. The zero-order valence-electron chi connectivity index (χ0n) is 27.9. The van der Waals surface area contributed by atoms with Gasteiger partial charge in [-0.15, -0.1) is 0 Å². The minimum atomic E-state index is -4.16. The van der Waals surface area contributed by atoms with Crippen LogP contribution in [0.3, 0.4) is 0 Å². The van der Waals surface area contributed by atoms with E-state index in [4.69, 9.17) is 31.1 Å². The first-order valence-electron chi connectivity index (χ1n) is 15.6. The first kappa shape index (κ1) is 39.6. The number of benzene rings is 1. The Morgan fingerprint density at radius 1 is 1.15 bits per heavy atom. The molecular weight excluding hydrogens is 723 g/mol. The maximum absolute atomic E-state index is 12.3. The van der Waals surface area contributed by atoms with Crippen molar-refractivity contribution in [2.24, 2.45) is 0 Å². The number of rotatable bonds is 15. The number of nitrogens with one attached hydrogen (secondary N) is 4. The molecule has 4 heterocycles. The van der Waals surface area contributed by atoms with E-state index in [1.807, 2.05) is 0 Å². The van der Waals surface area contributed by atoms with E-state index in [2.05, 4.69) is 40.9 Å². The summed E-state index contributed by atoms with van der Waals surface area (Å²) < 4.78 is 17.5. The molecule has 2 unspecified atom stereocenters. The van der Waals surface area contributed by atoms with Crippen molar-refractivity contribution in [2.45, 2.75) is 44.5 Å². The van der Waals surface area contributed by atoms with E-state index in [0.717, 1.165) is 0 Å². The molecule has 24 heteroatoms. The van der Waals surface area contributed by atoms with Gasteiger partial charge in [0.15, 0.2) is 23.0 Å². The van der Waals surface area contributed by atoms with Gasteiger partial charge in [0.2, 0.25) is 12.4 Å². The maximum atomic E-state index is 12.3.